The molecule has 3 aromatic rings. The first-order chi connectivity index (χ1) is 13.0. The Morgan fingerprint density at radius 2 is 2.11 bits per heavy atom. The Morgan fingerprint density at radius 3 is 2.89 bits per heavy atom. The molecule has 0 radical (unpaired) electrons. The highest BCUT2D eigenvalue weighted by Gasteiger charge is 2.34. The van der Waals surface area contributed by atoms with Crippen molar-refractivity contribution >= 4 is 22.7 Å². The van der Waals surface area contributed by atoms with Crippen molar-refractivity contribution in [3.8, 4) is 0 Å². The number of amides is 2. The van der Waals surface area contributed by atoms with Crippen LogP contribution in [0.1, 0.15) is 33.3 Å². The second kappa shape index (κ2) is 6.83. The Kier molecular flexibility index (Phi) is 4.35. The van der Waals surface area contributed by atoms with Gasteiger partial charge in [-0.05, 0) is 31.0 Å². The third kappa shape index (κ3) is 3.28. The van der Waals surface area contributed by atoms with Crippen molar-refractivity contribution in [2.24, 2.45) is 5.92 Å². The molecule has 1 aliphatic rings. The van der Waals surface area contributed by atoms with Crippen molar-refractivity contribution in [3.05, 3.63) is 59.6 Å². The Bertz CT molecular complexity index is 1010. The zero-order chi connectivity index (χ0) is 19.0. The zero-order valence-electron chi connectivity index (χ0n) is 15.2. The molecule has 0 aliphatic carbocycles. The quantitative estimate of drug-likeness (QED) is 0.771. The number of aromatic nitrogens is 2. The van der Waals surface area contributed by atoms with Crippen LogP contribution in [0.2, 0.25) is 0 Å². The first kappa shape index (κ1) is 17.2. The number of benzene rings is 1. The summed E-state index contributed by atoms with van der Waals surface area (Å²) in [6.07, 6.45) is 3.06. The average molecular weight is 364 g/mol. The molecular weight excluding hydrogens is 344 g/mol. The van der Waals surface area contributed by atoms with Crippen LogP contribution < -0.4 is 5.32 Å². The van der Waals surface area contributed by atoms with Crippen LogP contribution in [-0.2, 0) is 0 Å². The number of fused-ring (bicyclic) bond motifs is 1. The largest absolute Gasteiger partial charge is 0.364 e. The van der Waals surface area contributed by atoms with Gasteiger partial charge in [-0.3, -0.25) is 14.6 Å². The summed E-state index contributed by atoms with van der Waals surface area (Å²) in [4.78, 5) is 31.4. The maximum absolute atomic E-state index is 12.9. The van der Waals surface area contributed by atoms with Crippen molar-refractivity contribution in [1.29, 1.82) is 0 Å². The standard InChI is InChI=1S/C20H20N4O3/c1-12-9-24(10-18(12)22-19(25)16-11-27-23-13(16)2)20(26)15-6-5-14-4-3-7-21-17(14)8-15/h3-8,11-12,18H,9-10H2,1-2H3,(H,22,25)/t12-,18+/m1/s1. The number of pyridine rings is 1. The third-order valence-electron chi connectivity index (χ3n) is 5.06. The highest BCUT2D eigenvalue weighted by molar-refractivity contribution is 5.98. The lowest BCUT2D eigenvalue weighted by Gasteiger charge is -2.17. The lowest BCUT2D eigenvalue weighted by molar-refractivity contribution is 0.0781. The lowest BCUT2D eigenvalue weighted by atomic mass is 10.1. The first-order valence-corrected chi connectivity index (χ1v) is 8.89. The smallest absolute Gasteiger partial charge is 0.256 e. The van der Waals surface area contributed by atoms with E-state index >= 15 is 0 Å². The van der Waals surface area contributed by atoms with E-state index < -0.39 is 0 Å². The van der Waals surface area contributed by atoms with E-state index in [1.165, 1.54) is 6.26 Å². The molecule has 27 heavy (non-hydrogen) atoms. The molecule has 1 N–H and O–H groups in total. The molecule has 4 rings (SSSR count). The molecule has 2 aromatic heterocycles. The molecule has 2 amide bonds. The van der Waals surface area contributed by atoms with E-state index in [4.69, 9.17) is 4.52 Å². The van der Waals surface area contributed by atoms with Gasteiger partial charge in [-0.25, -0.2) is 0 Å². The molecule has 1 aliphatic heterocycles. The van der Waals surface area contributed by atoms with Crippen molar-refractivity contribution in [2.45, 2.75) is 19.9 Å². The molecular formula is C20H20N4O3. The Balaban J connectivity index is 1.47. The molecule has 1 aromatic carbocycles. The predicted molar refractivity (Wildman–Crippen MR) is 99.3 cm³/mol. The molecule has 1 fully saturated rings. The summed E-state index contributed by atoms with van der Waals surface area (Å²) >= 11 is 0. The maximum Gasteiger partial charge on any atom is 0.256 e. The average Bonchev–Trinajstić information content (AvgIpc) is 3.26. The number of nitrogens with zero attached hydrogens (tertiary/aromatic N) is 3. The predicted octanol–water partition coefficient (Wildman–Crippen LogP) is 2.42. The van der Waals surface area contributed by atoms with Gasteiger partial charge < -0.3 is 14.7 Å². The SMILES string of the molecule is Cc1nocc1C(=O)N[C@H]1CN(C(=O)c2ccc3cccnc3c2)C[C@H]1C. The van der Waals surface area contributed by atoms with Crippen molar-refractivity contribution in [1.82, 2.24) is 20.4 Å². The molecule has 138 valence electrons. The maximum atomic E-state index is 12.9. The normalized spacial score (nSPS) is 19.4. The molecule has 7 heteroatoms. The topological polar surface area (TPSA) is 88.3 Å². The van der Waals surface area contributed by atoms with E-state index in [1.54, 1.807) is 18.0 Å². The van der Waals surface area contributed by atoms with Crippen LogP contribution in [0.15, 0.2) is 47.3 Å². The Hall–Kier alpha value is -3.22. The summed E-state index contributed by atoms with van der Waals surface area (Å²) < 4.78 is 4.83. The molecule has 3 heterocycles. The van der Waals surface area contributed by atoms with Crippen molar-refractivity contribution in [2.75, 3.05) is 13.1 Å². The zero-order valence-corrected chi connectivity index (χ0v) is 15.2. The molecule has 7 nitrogen and oxygen atoms in total. The van der Waals surface area contributed by atoms with E-state index in [2.05, 4.69) is 15.5 Å². The van der Waals surface area contributed by atoms with E-state index in [9.17, 15) is 9.59 Å². The summed E-state index contributed by atoms with van der Waals surface area (Å²) in [6, 6.07) is 9.26. The van der Waals surface area contributed by atoms with Crippen LogP contribution in [0.5, 0.6) is 0 Å². The fraction of sp³-hybridized carbons (Fsp3) is 0.300. The van der Waals surface area contributed by atoms with Crippen LogP contribution in [0, 0.1) is 12.8 Å². The number of likely N-dealkylation sites (tertiary alicyclic amines) is 1. The van der Waals surface area contributed by atoms with Crippen LogP contribution in [-0.4, -0.2) is 46.0 Å². The van der Waals surface area contributed by atoms with E-state index in [0.717, 1.165) is 10.9 Å². The fourth-order valence-corrected chi connectivity index (χ4v) is 3.46. The van der Waals surface area contributed by atoms with E-state index in [1.807, 2.05) is 37.3 Å². The van der Waals surface area contributed by atoms with Gasteiger partial charge in [0.1, 0.15) is 11.8 Å². The third-order valence-corrected chi connectivity index (χ3v) is 5.06. The Morgan fingerprint density at radius 1 is 1.26 bits per heavy atom. The number of hydrogen-bond donors (Lipinski definition) is 1. The molecule has 2 atom stereocenters. The monoisotopic (exact) mass is 364 g/mol. The van der Waals surface area contributed by atoms with Gasteiger partial charge in [-0.15, -0.1) is 0 Å². The Labute approximate surface area is 156 Å². The van der Waals surface area contributed by atoms with Crippen LogP contribution in [0.4, 0.5) is 0 Å². The number of carbonyl (C=O) groups excluding carboxylic acids is 2. The summed E-state index contributed by atoms with van der Waals surface area (Å²) in [5, 5.41) is 7.72. The van der Waals surface area contributed by atoms with Gasteiger partial charge in [0, 0.05) is 30.2 Å². The van der Waals surface area contributed by atoms with E-state index in [-0.39, 0.29) is 23.8 Å². The highest BCUT2D eigenvalue weighted by Crippen LogP contribution is 2.21. The van der Waals surface area contributed by atoms with Gasteiger partial charge in [0.25, 0.3) is 11.8 Å². The van der Waals surface area contributed by atoms with Gasteiger partial charge in [-0.1, -0.05) is 24.2 Å². The van der Waals surface area contributed by atoms with Gasteiger partial charge in [-0.2, -0.15) is 0 Å². The number of carbonyl (C=O) groups is 2. The van der Waals surface area contributed by atoms with Crippen LogP contribution in [0.3, 0.4) is 0 Å². The van der Waals surface area contributed by atoms with Crippen LogP contribution >= 0.6 is 0 Å². The second-order valence-corrected chi connectivity index (χ2v) is 6.99. The minimum Gasteiger partial charge on any atom is -0.364 e. The molecule has 1 saturated heterocycles. The van der Waals surface area contributed by atoms with Crippen LogP contribution in [0.25, 0.3) is 10.9 Å². The van der Waals surface area contributed by atoms with E-state index in [0.29, 0.717) is 29.9 Å². The number of aryl methyl sites for hydroxylation is 1. The lowest BCUT2D eigenvalue weighted by Crippen LogP contribution is -2.40. The van der Waals surface area contributed by atoms with Gasteiger partial charge in [0.15, 0.2) is 0 Å². The summed E-state index contributed by atoms with van der Waals surface area (Å²) in [5.41, 5.74) is 2.38. The van der Waals surface area contributed by atoms with Gasteiger partial charge >= 0.3 is 0 Å². The second-order valence-electron chi connectivity index (χ2n) is 6.99. The molecule has 0 bridgehead atoms. The minimum atomic E-state index is -0.227. The van der Waals surface area contributed by atoms with Crippen molar-refractivity contribution < 1.29 is 14.1 Å². The van der Waals surface area contributed by atoms with Gasteiger partial charge in [0.05, 0.1) is 17.3 Å². The van der Waals surface area contributed by atoms with Gasteiger partial charge in [0.2, 0.25) is 0 Å². The molecule has 0 unspecified atom stereocenters. The summed E-state index contributed by atoms with van der Waals surface area (Å²) in [7, 11) is 0. The summed E-state index contributed by atoms with van der Waals surface area (Å²) in [5.74, 6) is -0.126. The van der Waals surface area contributed by atoms with Crippen molar-refractivity contribution in [3.63, 3.8) is 0 Å². The number of hydrogen-bond acceptors (Lipinski definition) is 5. The molecule has 0 spiro atoms. The summed E-state index contributed by atoms with van der Waals surface area (Å²) in [6.45, 7) is 4.81. The first-order valence-electron chi connectivity index (χ1n) is 8.89. The fourth-order valence-electron chi connectivity index (χ4n) is 3.46. The molecule has 0 saturated carbocycles. The number of nitrogens with one attached hydrogen (secondary N) is 1. The highest BCUT2D eigenvalue weighted by atomic mass is 16.5. The number of rotatable bonds is 3. The minimum absolute atomic E-state index is 0.0488.